The van der Waals surface area contributed by atoms with E-state index in [9.17, 15) is 0 Å². The lowest BCUT2D eigenvalue weighted by Crippen LogP contribution is -2.15. The van der Waals surface area contributed by atoms with Crippen LogP contribution in [-0.4, -0.2) is 20.5 Å². The average Bonchev–Trinajstić information content (AvgIpc) is 2.14. The fraction of sp³-hybridized carbons (Fsp3) is 0.455. The Labute approximate surface area is 79.5 Å². The maximum atomic E-state index is 5.12. The molecule has 0 fully saturated rings. The normalized spacial score (nSPS) is 10.8. The molecule has 72 valence electrons. The summed E-state index contributed by atoms with van der Waals surface area (Å²) in [7, 11) is 3.31. The number of hydrogen-bond donors (Lipinski definition) is 0. The van der Waals surface area contributed by atoms with Gasteiger partial charge in [0.15, 0.2) is 6.29 Å². The minimum atomic E-state index is -0.137. The molecule has 0 aliphatic carbocycles. The molecule has 0 unspecified atom stereocenters. The highest BCUT2D eigenvalue weighted by atomic mass is 16.7. The molecule has 0 aliphatic rings. The van der Waals surface area contributed by atoms with Crippen molar-refractivity contribution in [3.8, 4) is 0 Å². The monoisotopic (exact) mass is 180 g/mol. The Hall–Kier alpha value is -0.860. The molecule has 13 heavy (non-hydrogen) atoms. The van der Waals surface area contributed by atoms with Gasteiger partial charge in [-0.05, 0) is 12.5 Å². The van der Waals surface area contributed by atoms with E-state index in [2.05, 4.69) is 25.1 Å². The van der Waals surface area contributed by atoms with E-state index < -0.39 is 0 Å². The van der Waals surface area contributed by atoms with Gasteiger partial charge in [-0.3, -0.25) is 0 Å². The van der Waals surface area contributed by atoms with Gasteiger partial charge in [0.05, 0.1) is 0 Å². The molecule has 1 rings (SSSR count). The summed E-state index contributed by atoms with van der Waals surface area (Å²) in [6.07, 6.45) is 0.663. The molecule has 0 saturated carbocycles. The van der Waals surface area contributed by atoms with E-state index in [4.69, 9.17) is 9.47 Å². The van der Waals surface area contributed by atoms with Gasteiger partial charge in [-0.1, -0.05) is 29.8 Å². The SMILES string of the molecule is COC(Cc1cccc(C)c1)OC. The number of aryl methyl sites for hydroxylation is 1. The second-order valence-corrected chi connectivity index (χ2v) is 3.09. The minimum Gasteiger partial charge on any atom is -0.356 e. The highest BCUT2D eigenvalue weighted by Crippen LogP contribution is 2.08. The highest BCUT2D eigenvalue weighted by Gasteiger charge is 2.05. The first-order chi connectivity index (χ1) is 6.26. The minimum absolute atomic E-state index is 0.137. The molecular formula is C11H16O2. The van der Waals surface area contributed by atoms with Crippen LogP contribution in [-0.2, 0) is 15.9 Å². The van der Waals surface area contributed by atoms with Crippen molar-refractivity contribution in [2.45, 2.75) is 19.6 Å². The van der Waals surface area contributed by atoms with E-state index >= 15 is 0 Å². The summed E-state index contributed by atoms with van der Waals surface area (Å²) in [6.45, 7) is 2.08. The van der Waals surface area contributed by atoms with Gasteiger partial charge in [-0.15, -0.1) is 0 Å². The number of rotatable bonds is 4. The molecule has 1 aromatic rings. The Morgan fingerprint density at radius 1 is 1.23 bits per heavy atom. The molecule has 0 saturated heterocycles. The fourth-order valence-corrected chi connectivity index (χ4v) is 1.29. The molecule has 0 aromatic heterocycles. The molecule has 0 bridgehead atoms. The predicted molar refractivity (Wildman–Crippen MR) is 52.7 cm³/mol. The number of methoxy groups -OCH3 is 2. The van der Waals surface area contributed by atoms with Crippen LogP contribution in [0.5, 0.6) is 0 Å². The summed E-state index contributed by atoms with van der Waals surface area (Å²) in [4.78, 5) is 0. The van der Waals surface area contributed by atoms with Crippen molar-refractivity contribution in [3.63, 3.8) is 0 Å². The maximum absolute atomic E-state index is 5.12. The van der Waals surface area contributed by atoms with Crippen LogP contribution in [0, 0.1) is 6.92 Å². The van der Waals surface area contributed by atoms with Crippen molar-refractivity contribution in [1.82, 2.24) is 0 Å². The molecular weight excluding hydrogens is 164 g/mol. The van der Waals surface area contributed by atoms with Crippen molar-refractivity contribution >= 4 is 0 Å². The summed E-state index contributed by atoms with van der Waals surface area (Å²) in [5.74, 6) is 0. The van der Waals surface area contributed by atoms with E-state index in [1.54, 1.807) is 14.2 Å². The molecule has 0 radical (unpaired) electrons. The van der Waals surface area contributed by atoms with Crippen molar-refractivity contribution in [2.24, 2.45) is 0 Å². The van der Waals surface area contributed by atoms with Crippen molar-refractivity contribution in [3.05, 3.63) is 35.4 Å². The quantitative estimate of drug-likeness (QED) is 0.661. The van der Waals surface area contributed by atoms with E-state index in [0.29, 0.717) is 0 Å². The average molecular weight is 180 g/mol. The zero-order valence-corrected chi connectivity index (χ0v) is 8.41. The topological polar surface area (TPSA) is 18.5 Å². The molecule has 1 aromatic carbocycles. The predicted octanol–water partition coefficient (Wildman–Crippen LogP) is 2.16. The lowest BCUT2D eigenvalue weighted by Gasteiger charge is -2.13. The van der Waals surface area contributed by atoms with Gasteiger partial charge in [0.2, 0.25) is 0 Å². The zero-order valence-electron chi connectivity index (χ0n) is 8.41. The van der Waals surface area contributed by atoms with Gasteiger partial charge in [-0.2, -0.15) is 0 Å². The highest BCUT2D eigenvalue weighted by molar-refractivity contribution is 5.22. The van der Waals surface area contributed by atoms with Crippen LogP contribution in [0.25, 0.3) is 0 Å². The summed E-state index contributed by atoms with van der Waals surface area (Å²) >= 11 is 0. The van der Waals surface area contributed by atoms with Crippen LogP contribution in [0.2, 0.25) is 0 Å². The number of ether oxygens (including phenoxy) is 2. The third kappa shape index (κ3) is 3.17. The van der Waals surface area contributed by atoms with Gasteiger partial charge in [0.1, 0.15) is 0 Å². The lowest BCUT2D eigenvalue weighted by atomic mass is 10.1. The maximum Gasteiger partial charge on any atom is 0.160 e. The molecule has 2 heteroatoms. The molecule has 0 N–H and O–H groups in total. The standard InChI is InChI=1S/C11H16O2/c1-9-5-4-6-10(7-9)8-11(12-2)13-3/h4-7,11H,8H2,1-3H3. The Bertz CT molecular complexity index is 254. The molecule has 2 nitrogen and oxygen atoms in total. The van der Waals surface area contributed by atoms with E-state index in [1.165, 1.54) is 11.1 Å². The van der Waals surface area contributed by atoms with Gasteiger partial charge in [-0.25, -0.2) is 0 Å². The van der Waals surface area contributed by atoms with Crippen molar-refractivity contribution < 1.29 is 9.47 Å². The van der Waals surface area contributed by atoms with Gasteiger partial charge in [0.25, 0.3) is 0 Å². The fourth-order valence-electron chi connectivity index (χ4n) is 1.29. The van der Waals surface area contributed by atoms with Gasteiger partial charge >= 0.3 is 0 Å². The van der Waals surface area contributed by atoms with Crippen LogP contribution >= 0.6 is 0 Å². The van der Waals surface area contributed by atoms with E-state index in [0.717, 1.165) is 6.42 Å². The third-order valence-corrected chi connectivity index (χ3v) is 2.01. The smallest absolute Gasteiger partial charge is 0.160 e. The summed E-state index contributed by atoms with van der Waals surface area (Å²) < 4.78 is 10.2. The largest absolute Gasteiger partial charge is 0.356 e. The molecule has 0 amide bonds. The second-order valence-electron chi connectivity index (χ2n) is 3.09. The van der Waals surface area contributed by atoms with Crippen molar-refractivity contribution in [2.75, 3.05) is 14.2 Å². The Morgan fingerprint density at radius 3 is 2.46 bits per heavy atom. The number of hydrogen-bond acceptors (Lipinski definition) is 2. The van der Waals surface area contributed by atoms with Crippen LogP contribution in [0.1, 0.15) is 11.1 Å². The Morgan fingerprint density at radius 2 is 1.92 bits per heavy atom. The lowest BCUT2D eigenvalue weighted by molar-refractivity contribution is -0.100. The summed E-state index contributed by atoms with van der Waals surface area (Å²) in [5, 5.41) is 0. The Kier molecular flexibility index (Phi) is 3.93. The van der Waals surface area contributed by atoms with Crippen LogP contribution < -0.4 is 0 Å². The summed E-state index contributed by atoms with van der Waals surface area (Å²) in [6, 6.07) is 8.36. The van der Waals surface area contributed by atoms with Crippen LogP contribution in [0.4, 0.5) is 0 Å². The first-order valence-corrected chi connectivity index (χ1v) is 4.37. The molecule has 0 heterocycles. The van der Waals surface area contributed by atoms with Gasteiger partial charge in [0, 0.05) is 20.6 Å². The second kappa shape index (κ2) is 5.00. The van der Waals surface area contributed by atoms with E-state index in [-0.39, 0.29) is 6.29 Å². The van der Waals surface area contributed by atoms with Gasteiger partial charge < -0.3 is 9.47 Å². The first-order valence-electron chi connectivity index (χ1n) is 4.37. The van der Waals surface area contributed by atoms with Crippen LogP contribution in [0.3, 0.4) is 0 Å². The molecule has 0 aliphatic heterocycles. The molecule has 0 atom stereocenters. The number of benzene rings is 1. The Balaban J connectivity index is 2.62. The van der Waals surface area contributed by atoms with Crippen molar-refractivity contribution in [1.29, 1.82) is 0 Å². The van der Waals surface area contributed by atoms with E-state index in [1.807, 2.05) is 6.07 Å². The third-order valence-electron chi connectivity index (χ3n) is 2.01. The summed E-state index contributed by atoms with van der Waals surface area (Å²) in [5.41, 5.74) is 2.51. The van der Waals surface area contributed by atoms with Crippen LogP contribution in [0.15, 0.2) is 24.3 Å². The zero-order chi connectivity index (χ0) is 9.68. The molecule has 0 spiro atoms. The first kappa shape index (κ1) is 10.2.